The van der Waals surface area contributed by atoms with Crippen LogP contribution in [0.15, 0.2) is 28.7 Å². The zero-order valence-corrected chi connectivity index (χ0v) is 13.4. The smallest absolute Gasteiger partial charge is 0.178 e. The van der Waals surface area contributed by atoms with Crippen molar-refractivity contribution in [1.82, 2.24) is 0 Å². The summed E-state index contributed by atoms with van der Waals surface area (Å²) in [6, 6.07) is 7.16. The van der Waals surface area contributed by atoms with Crippen LogP contribution >= 0.6 is 15.9 Å². The van der Waals surface area contributed by atoms with Crippen molar-refractivity contribution >= 4 is 32.5 Å². The molecular formula is C14H17BrO3S. The van der Waals surface area contributed by atoms with Gasteiger partial charge in [-0.1, -0.05) is 28.1 Å². The van der Waals surface area contributed by atoms with Crippen molar-refractivity contribution in [3.63, 3.8) is 0 Å². The van der Waals surface area contributed by atoms with Crippen LogP contribution in [0.25, 0.3) is 0 Å². The van der Waals surface area contributed by atoms with E-state index < -0.39 is 16.0 Å². The fourth-order valence-electron chi connectivity index (χ4n) is 2.23. The lowest BCUT2D eigenvalue weighted by atomic mass is 10.1. The first-order chi connectivity index (χ1) is 9.00. The summed E-state index contributed by atoms with van der Waals surface area (Å²) in [7, 11) is -1.19. The van der Waals surface area contributed by atoms with E-state index in [1.807, 2.05) is 19.1 Å². The third kappa shape index (κ3) is 3.33. The SMILES string of the molecule is CC1OCCC1S(=O)C(C)C(=O)c1ccc(Br)cc1. The molecule has 1 aliphatic heterocycles. The topological polar surface area (TPSA) is 43.4 Å². The molecule has 0 amide bonds. The summed E-state index contributed by atoms with van der Waals surface area (Å²) in [4.78, 5) is 12.3. The summed E-state index contributed by atoms with van der Waals surface area (Å²) in [6.07, 6.45) is 0.743. The van der Waals surface area contributed by atoms with E-state index in [1.54, 1.807) is 19.1 Å². The molecule has 19 heavy (non-hydrogen) atoms. The maximum absolute atomic E-state index is 12.4. The third-order valence-electron chi connectivity index (χ3n) is 3.45. The number of rotatable bonds is 4. The minimum Gasteiger partial charge on any atom is -0.377 e. The van der Waals surface area contributed by atoms with Crippen LogP contribution in [-0.4, -0.2) is 33.2 Å². The van der Waals surface area contributed by atoms with E-state index in [0.29, 0.717) is 12.2 Å². The van der Waals surface area contributed by atoms with Crippen LogP contribution in [0.1, 0.15) is 30.6 Å². The molecule has 1 saturated heterocycles. The summed E-state index contributed by atoms with van der Waals surface area (Å²) in [6.45, 7) is 4.30. The van der Waals surface area contributed by atoms with Crippen molar-refractivity contribution in [3.05, 3.63) is 34.3 Å². The van der Waals surface area contributed by atoms with Gasteiger partial charge in [0.25, 0.3) is 0 Å². The van der Waals surface area contributed by atoms with Crippen LogP contribution < -0.4 is 0 Å². The molecule has 1 fully saturated rings. The average Bonchev–Trinajstić information content (AvgIpc) is 2.83. The average molecular weight is 345 g/mol. The second kappa shape index (κ2) is 6.29. The van der Waals surface area contributed by atoms with Gasteiger partial charge in [-0.15, -0.1) is 0 Å². The Morgan fingerprint density at radius 3 is 2.58 bits per heavy atom. The van der Waals surface area contributed by atoms with Crippen LogP contribution in [-0.2, 0) is 15.5 Å². The quantitative estimate of drug-likeness (QED) is 0.788. The van der Waals surface area contributed by atoms with Crippen molar-refractivity contribution in [2.24, 2.45) is 0 Å². The normalized spacial score (nSPS) is 26.1. The molecule has 1 heterocycles. The minimum atomic E-state index is -1.19. The summed E-state index contributed by atoms with van der Waals surface area (Å²) in [5.74, 6) is -0.0649. The number of benzene rings is 1. The molecule has 0 saturated carbocycles. The number of ketones is 1. The second-order valence-electron chi connectivity index (χ2n) is 4.74. The highest BCUT2D eigenvalue weighted by Gasteiger charge is 2.34. The summed E-state index contributed by atoms with van der Waals surface area (Å²) in [5.41, 5.74) is 0.607. The van der Waals surface area contributed by atoms with E-state index in [1.165, 1.54) is 0 Å². The molecule has 2 rings (SSSR count). The van der Waals surface area contributed by atoms with E-state index in [9.17, 15) is 9.00 Å². The zero-order valence-electron chi connectivity index (χ0n) is 11.0. The predicted molar refractivity (Wildman–Crippen MR) is 79.9 cm³/mol. The van der Waals surface area contributed by atoms with Gasteiger partial charge in [-0.3, -0.25) is 9.00 Å². The summed E-state index contributed by atoms with van der Waals surface area (Å²) >= 11 is 3.33. The molecule has 0 aromatic heterocycles. The zero-order chi connectivity index (χ0) is 14.0. The van der Waals surface area contributed by atoms with Gasteiger partial charge in [0.2, 0.25) is 0 Å². The molecule has 1 aromatic carbocycles. The van der Waals surface area contributed by atoms with E-state index in [-0.39, 0.29) is 17.1 Å². The van der Waals surface area contributed by atoms with Gasteiger partial charge in [-0.25, -0.2) is 0 Å². The maximum Gasteiger partial charge on any atom is 0.178 e. The first-order valence-electron chi connectivity index (χ1n) is 6.31. The van der Waals surface area contributed by atoms with Gasteiger partial charge in [0.05, 0.1) is 16.6 Å². The largest absolute Gasteiger partial charge is 0.377 e. The number of hydrogen-bond donors (Lipinski definition) is 0. The molecule has 1 aliphatic rings. The van der Waals surface area contributed by atoms with Crippen molar-refractivity contribution in [2.75, 3.05) is 6.61 Å². The Balaban J connectivity index is 2.10. The summed E-state index contributed by atoms with van der Waals surface area (Å²) < 4.78 is 18.8. The van der Waals surface area contributed by atoms with E-state index >= 15 is 0 Å². The lowest BCUT2D eigenvalue weighted by Crippen LogP contribution is -2.34. The molecule has 5 heteroatoms. The summed E-state index contributed by atoms with van der Waals surface area (Å²) in [5, 5.41) is -0.523. The van der Waals surface area contributed by atoms with E-state index in [0.717, 1.165) is 10.9 Å². The van der Waals surface area contributed by atoms with E-state index in [2.05, 4.69) is 15.9 Å². The molecule has 1 aromatic rings. The Labute approximate surface area is 124 Å². The van der Waals surface area contributed by atoms with Crippen molar-refractivity contribution < 1.29 is 13.7 Å². The lowest BCUT2D eigenvalue weighted by Gasteiger charge is -2.18. The van der Waals surface area contributed by atoms with Crippen LogP contribution in [0.2, 0.25) is 0 Å². The molecule has 0 aliphatic carbocycles. The third-order valence-corrected chi connectivity index (χ3v) is 6.11. The second-order valence-corrected chi connectivity index (χ2v) is 7.63. The van der Waals surface area contributed by atoms with Gasteiger partial charge in [-0.2, -0.15) is 0 Å². The van der Waals surface area contributed by atoms with Crippen LogP contribution in [0.5, 0.6) is 0 Å². The van der Waals surface area contributed by atoms with Gasteiger partial charge in [0.15, 0.2) is 5.78 Å². The first kappa shape index (κ1) is 14.9. The molecule has 0 bridgehead atoms. The van der Waals surface area contributed by atoms with Gasteiger partial charge in [0.1, 0.15) is 0 Å². The number of halogens is 1. The van der Waals surface area contributed by atoms with Gasteiger partial charge in [-0.05, 0) is 32.4 Å². The molecular weight excluding hydrogens is 328 g/mol. The molecule has 0 N–H and O–H groups in total. The molecule has 104 valence electrons. The Morgan fingerprint density at radius 1 is 1.42 bits per heavy atom. The fourth-order valence-corrected chi connectivity index (χ4v) is 4.15. The Morgan fingerprint density at radius 2 is 2.05 bits per heavy atom. The monoisotopic (exact) mass is 344 g/mol. The van der Waals surface area contributed by atoms with E-state index in [4.69, 9.17) is 4.74 Å². The Kier molecular flexibility index (Phi) is 4.92. The number of carbonyl (C=O) groups excluding carboxylic acids is 1. The highest BCUT2D eigenvalue weighted by molar-refractivity contribution is 9.10. The van der Waals surface area contributed by atoms with Gasteiger partial charge in [0, 0.05) is 27.4 Å². The van der Waals surface area contributed by atoms with Crippen molar-refractivity contribution in [1.29, 1.82) is 0 Å². The molecule has 0 spiro atoms. The van der Waals surface area contributed by atoms with Gasteiger partial charge < -0.3 is 4.74 Å². The first-order valence-corrected chi connectivity index (χ1v) is 8.38. The minimum absolute atomic E-state index is 0.0269. The highest BCUT2D eigenvalue weighted by atomic mass is 79.9. The molecule has 3 nitrogen and oxygen atoms in total. The number of carbonyl (C=O) groups is 1. The van der Waals surface area contributed by atoms with Crippen LogP contribution in [0.4, 0.5) is 0 Å². The van der Waals surface area contributed by atoms with Crippen LogP contribution in [0, 0.1) is 0 Å². The van der Waals surface area contributed by atoms with Crippen LogP contribution in [0.3, 0.4) is 0 Å². The maximum atomic E-state index is 12.4. The van der Waals surface area contributed by atoms with Crippen molar-refractivity contribution in [2.45, 2.75) is 36.9 Å². The molecule has 4 atom stereocenters. The number of Topliss-reactive ketones (excluding diaryl/α,β-unsaturated/α-hetero) is 1. The highest BCUT2D eigenvalue weighted by Crippen LogP contribution is 2.23. The Hall–Kier alpha value is -0.520. The molecule has 4 unspecified atom stereocenters. The standard InChI is InChI=1S/C14H17BrO3S/c1-9-13(7-8-18-9)19(17)10(2)14(16)11-3-5-12(15)6-4-11/h3-6,9-10,13H,7-8H2,1-2H3. The Bertz CT molecular complexity index is 486. The lowest BCUT2D eigenvalue weighted by molar-refractivity contribution is 0.0992. The van der Waals surface area contributed by atoms with Gasteiger partial charge >= 0.3 is 0 Å². The van der Waals surface area contributed by atoms with Crippen molar-refractivity contribution in [3.8, 4) is 0 Å². The number of hydrogen-bond acceptors (Lipinski definition) is 3. The number of ether oxygens (including phenoxy) is 1. The fraction of sp³-hybridized carbons (Fsp3) is 0.500. The predicted octanol–water partition coefficient (Wildman–Crippen LogP) is 2.95. The molecule has 0 radical (unpaired) electrons.